The van der Waals surface area contributed by atoms with Crippen molar-refractivity contribution < 1.29 is 23.8 Å². The normalized spacial score (nSPS) is 20.7. The molecule has 1 saturated heterocycles. The van der Waals surface area contributed by atoms with Gasteiger partial charge in [0, 0.05) is 26.1 Å². The summed E-state index contributed by atoms with van der Waals surface area (Å²) in [5.74, 6) is 1.19. The molecule has 0 spiro atoms. The standard InChI is InChI=1S/C23H35FN2O4/c1-2-3-4-5-6-7-22(27)25-19(16-26-11-10-18(24)15-26)23(28)17-8-9-20-21(14-17)30-13-12-29-20/h8-9,14,18-19,23,28H,2-7,10-13,15-16H2,1H3,(H,25,27)/t18?,19-,23?/m1/s1. The molecule has 2 aliphatic rings. The first kappa shape index (κ1) is 22.8. The molecule has 0 radical (unpaired) electrons. The van der Waals surface area contributed by atoms with Gasteiger partial charge in [-0.2, -0.15) is 0 Å². The summed E-state index contributed by atoms with van der Waals surface area (Å²) in [7, 11) is 0. The number of likely N-dealkylation sites (tertiary alicyclic amines) is 1. The monoisotopic (exact) mass is 422 g/mol. The molecular formula is C23H35FN2O4. The minimum absolute atomic E-state index is 0.0657. The fourth-order valence-corrected chi connectivity index (χ4v) is 4.10. The van der Waals surface area contributed by atoms with Crippen LogP contribution in [0, 0.1) is 0 Å². The lowest BCUT2D eigenvalue weighted by molar-refractivity contribution is -0.123. The highest BCUT2D eigenvalue weighted by Gasteiger charge is 2.30. The van der Waals surface area contributed by atoms with Gasteiger partial charge in [-0.15, -0.1) is 0 Å². The number of hydrogen-bond donors (Lipinski definition) is 2. The minimum Gasteiger partial charge on any atom is -0.486 e. The van der Waals surface area contributed by atoms with Gasteiger partial charge in [0.2, 0.25) is 5.91 Å². The molecule has 0 bridgehead atoms. The summed E-state index contributed by atoms with van der Waals surface area (Å²) in [5, 5.41) is 14.1. The van der Waals surface area contributed by atoms with Gasteiger partial charge >= 0.3 is 0 Å². The van der Waals surface area contributed by atoms with Crippen molar-refractivity contribution in [2.45, 2.75) is 70.2 Å². The summed E-state index contributed by atoms with van der Waals surface area (Å²) in [6.07, 6.45) is 4.56. The number of fused-ring (bicyclic) bond motifs is 1. The van der Waals surface area contributed by atoms with Gasteiger partial charge in [-0.25, -0.2) is 4.39 Å². The highest BCUT2D eigenvalue weighted by Crippen LogP contribution is 2.33. The number of rotatable bonds is 11. The number of nitrogens with one attached hydrogen (secondary N) is 1. The number of nitrogens with zero attached hydrogens (tertiary/aromatic N) is 1. The highest BCUT2D eigenvalue weighted by molar-refractivity contribution is 5.76. The number of halogens is 1. The van der Waals surface area contributed by atoms with Gasteiger partial charge in [-0.3, -0.25) is 9.69 Å². The van der Waals surface area contributed by atoms with Crippen LogP contribution in [0.1, 0.15) is 63.5 Å². The Balaban J connectivity index is 1.63. The third-order valence-electron chi connectivity index (χ3n) is 5.81. The Morgan fingerprint density at radius 3 is 2.73 bits per heavy atom. The third kappa shape index (κ3) is 6.57. The van der Waals surface area contributed by atoms with Gasteiger partial charge in [0.25, 0.3) is 0 Å². The van der Waals surface area contributed by atoms with Crippen LogP contribution in [0.3, 0.4) is 0 Å². The highest BCUT2D eigenvalue weighted by atomic mass is 19.1. The summed E-state index contributed by atoms with van der Waals surface area (Å²) in [6, 6.07) is 4.84. The Morgan fingerprint density at radius 2 is 2.00 bits per heavy atom. The van der Waals surface area contributed by atoms with Gasteiger partial charge in [-0.05, 0) is 30.5 Å². The van der Waals surface area contributed by atoms with Crippen LogP contribution in [0.25, 0.3) is 0 Å². The second-order valence-electron chi connectivity index (χ2n) is 8.33. The molecule has 1 aromatic rings. The van der Waals surface area contributed by atoms with E-state index >= 15 is 0 Å². The van der Waals surface area contributed by atoms with Crippen molar-refractivity contribution in [2.75, 3.05) is 32.8 Å². The van der Waals surface area contributed by atoms with E-state index in [-0.39, 0.29) is 5.91 Å². The van der Waals surface area contributed by atoms with Gasteiger partial charge in [-0.1, -0.05) is 38.7 Å². The summed E-state index contributed by atoms with van der Waals surface area (Å²) < 4.78 is 24.8. The second kappa shape index (κ2) is 11.5. The number of benzene rings is 1. The largest absolute Gasteiger partial charge is 0.486 e. The van der Waals surface area contributed by atoms with Gasteiger partial charge < -0.3 is 19.9 Å². The molecule has 3 rings (SSSR count). The van der Waals surface area contributed by atoms with Crippen LogP contribution >= 0.6 is 0 Å². The van der Waals surface area contributed by atoms with Crippen LogP contribution in [0.15, 0.2) is 18.2 Å². The summed E-state index contributed by atoms with van der Waals surface area (Å²) in [5.41, 5.74) is 0.656. The molecule has 0 saturated carbocycles. The molecule has 7 heteroatoms. The van der Waals surface area contributed by atoms with Crippen LogP contribution in [0.4, 0.5) is 4.39 Å². The fourth-order valence-electron chi connectivity index (χ4n) is 4.10. The first-order valence-corrected chi connectivity index (χ1v) is 11.3. The number of aliphatic hydroxyl groups is 1. The Kier molecular flexibility index (Phi) is 8.75. The molecule has 30 heavy (non-hydrogen) atoms. The van der Waals surface area contributed by atoms with Crippen molar-refractivity contribution in [3.8, 4) is 11.5 Å². The zero-order chi connectivity index (χ0) is 21.3. The molecule has 3 atom stereocenters. The number of amides is 1. The van der Waals surface area contributed by atoms with Crippen LogP contribution in [0.5, 0.6) is 11.5 Å². The van der Waals surface area contributed by atoms with Crippen LogP contribution < -0.4 is 14.8 Å². The maximum absolute atomic E-state index is 13.6. The van der Waals surface area contributed by atoms with E-state index in [0.29, 0.717) is 62.8 Å². The number of hydrogen-bond acceptors (Lipinski definition) is 5. The number of unbranched alkanes of at least 4 members (excludes halogenated alkanes) is 4. The average Bonchev–Trinajstić information content (AvgIpc) is 3.17. The van der Waals surface area contributed by atoms with Crippen LogP contribution in [-0.4, -0.2) is 61.0 Å². The first-order chi connectivity index (χ1) is 14.6. The average molecular weight is 423 g/mol. The zero-order valence-electron chi connectivity index (χ0n) is 17.9. The summed E-state index contributed by atoms with van der Waals surface area (Å²) >= 11 is 0. The number of ether oxygens (including phenoxy) is 2. The molecule has 2 N–H and O–H groups in total. The van der Waals surface area contributed by atoms with E-state index < -0.39 is 18.3 Å². The molecule has 2 aliphatic heterocycles. The number of carbonyl (C=O) groups excluding carboxylic acids is 1. The Labute approximate surface area is 178 Å². The van der Waals surface area contributed by atoms with E-state index in [1.54, 1.807) is 18.2 Å². The van der Waals surface area contributed by atoms with Crippen molar-refractivity contribution >= 4 is 5.91 Å². The molecule has 1 aromatic carbocycles. The zero-order valence-corrected chi connectivity index (χ0v) is 17.9. The topological polar surface area (TPSA) is 71.0 Å². The molecule has 1 fully saturated rings. The van der Waals surface area contributed by atoms with Gasteiger partial charge in [0.1, 0.15) is 25.5 Å². The maximum atomic E-state index is 13.6. The maximum Gasteiger partial charge on any atom is 0.220 e. The minimum atomic E-state index is -0.913. The molecule has 2 unspecified atom stereocenters. The predicted octanol–water partition coefficient (Wildman–Crippen LogP) is 3.38. The Bertz CT molecular complexity index is 687. The Hall–Kier alpha value is -1.86. The molecular weight excluding hydrogens is 387 g/mol. The van der Waals surface area contributed by atoms with Crippen LogP contribution in [-0.2, 0) is 4.79 Å². The van der Waals surface area contributed by atoms with E-state index in [1.165, 1.54) is 12.8 Å². The van der Waals surface area contributed by atoms with E-state index in [2.05, 4.69) is 12.2 Å². The van der Waals surface area contributed by atoms with Crippen LogP contribution in [0.2, 0.25) is 0 Å². The van der Waals surface area contributed by atoms with E-state index in [9.17, 15) is 14.3 Å². The van der Waals surface area contributed by atoms with Crippen molar-refractivity contribution in [3.63, 3.8) is 0 Å². The first-order valence-electron chi connectivity index (χ1n) is 11.3. The van der Waals surface area contributed by atoms with Crippen molar-refractivity contribution in [2.24, 2.45) is 0 Å². The van der Waals surface area contributed by atoms with Gasteiger partial charge in [0.15, 0.2) is 11.5 Å². The van der Waals surface area contributed by atoms with Crippen molar-refractivity contribution in [1.82, 2.24) is 10.2 Å². The molecule has 2 heterocycles. The number of carbonyl (C=O) groups is 1. The smallest absolute Gasteiger partial charge is 0.220 e. The van der Waals surface area contributed by atoms with Gasteiger partial charge in [0.05, 0.1) is 6.04 Å². The summed E-state index contributed by atoms with van der Waals surface area (Å²) in [6.45, 7) is 4.53. The quantitative estimate of drug-likeness (QED) is 0.535. The van der Waals surface area contributed by atoms with Crippen molar-refractivity contribution in [3.05, 3.63) is 23.8 Å². The molecule has 1 amide bonds. The molecule has 168 valence electrons. The predicted molar refractivity (Wildman–Crippen MR) is 114 cm³/mol. The number of aliphatic hydroxyl groups excluding tert-OH is 1. The lowest BCUT2D eigenvalue weighted by Crippen LogP contribution is -2.46. The summed E-state index contributed by atoms with van der Waals surface area (Å²) in [4.78, 5) is 14.5. The lowest BCUT2D eigenvalue weighted by atomic mass is 10.0. The van der Waals surface area contributed by atoms with E-state index in [1.807, 2.05) is 4.90 Å². The molecule has 0 aromatic heterocycles. The second-order valence-corrected chi connectivity index (χ2v) is 8.33. The molecule has 0 aliphatic carbocycles. The Morgan fingerprint density at radius 1 is 1.23 bits per heavy atom. The molecule has 6 nitrogen and oxygen atoms in total. The van der Waals surface area contributed by atoms with Crippen molar-refractivity contribution in [1.29, 1.82) is 0 Å². The third-order valence-corrected chi connectivity index (χ3v) is 5.81. The number of alkyl halides is 1. The van der Waals surface area contributed by atoms with E-state index in [4.69, 9.17) is 9.47 Å². The van der Waals surface area contributed by atoms with E-state index in [0.717, 1.165) is 19.3 Å². The lowest BCUT2D eigenvalue weighted by Gasteiger charge is -2.29. The fraction of sp³-hybridized carbons (Fsp3) is 0.696. The SMILES string of the molecule is CCCCCCCC(=O)N[C@H](CN1CCC(F)C1)C(O)c1ccc2c(c1)OCCO2.